The molecule has 2 heterocycles. The Morgan fingerprint density at radius 3 is 2.50 bits per heavy atom. The quantitative estimate of drug-likeness (QED) is 0.383. The molecule has 0 radical (unpaired) electrons. The molecule has 28 heavy (non-hydrogen) atoms. The van der Waals surface area contributed by atoms with Gasteiger partial charge in [0.15, 0.2) is 0 Å². The van der Waals surface area contributed by atoms with E-state index >= 15 is 0 Å². The molecular weight excluding hydrogens is 441 g/mol. The Morgan fingerprint density at radius 1 is 1.14 bits per heavy atom. The maximum absolute atomic E-state index is 12.2. The molecule has 0 unspecified atom stereocenters. The summed E-state index contributed by atoms with van der Waals surface area (Å²) in [5, 5.41) is 17.1. The van der Waals surface area contributed by atoms with Gasteiger partial charge >= 0.3 is 0 Å². The van der Waals surface area contributed by atoms with E-state index in [9.17, 15) is 14.7 Å². The number of rotatable bonds is 5. The van der Waals surface area contributed by atoms with E-state index in [1.54, 1.807) is 30.5 Å². The number of carbonyl (C=O) groups is 2. The van der Waals surface area contributed by atoms with E-state index in [0.717, 1.165) is 16.9 Å². The predicted molar refractivity (Wildman–Crippen MR) is 114 cm³/mol. The number of aromatic hydroxyl groups is 1. The van der Waals surface area contributed by atoms with Crippen LogP contribution in [-0.4, -0.2) is 22.6 Å². The van der Waals surface area contributed by atoms with Gasteiger partial charge in [-0.3, -0.25) is 9.59 Å². The number of hydrogen-bond acceptors (Lipinski definition) is 6. The first-order valence-corrected chi connectivity index (χ1v) is 10.2. The Morgan fingerprint density at radius 2 is 1.86 bits per heavy atom. The number of carbonyl (C=O) groups excluding carboxylic acids is 2. The second-order valence-electron chi connectivity index (χ2n) is 5.62. The third-order valence-corrected chi connectivity index (χ3v) is 6.59. The Hall–Kier alpha value is -2.39. The van der Waals surface area contributed by atoms with Crippen LogP contribution in [0.25, 0.3) is 10.4 Å². The highest BCUT2D eigenvalue weighted by atomic mass is 35.5. The molecule has 2 amide bonds. The van der Waals surface area contributed by atoms with E-state index < -0.39 is 11.8 Å². The minimum absolute atomic E-state index is 0.0334. The van der Waals surface area contributed by atoms with Crippen molar-refractivity contribution in [3.05, 3.63) is 61.1 Å². The normalized spacial score (nSPS) is 11.5. The predicted octanol–water partition coefficient (Wildman–Crippen LogP) is 4.74. The van der Waals surface area contributed by atoms with Gasteiger partial charge in [0.1, 0.15) is 5.75 Å². The highest BCUT2D eigenvalue weighted by molar-refractivity contribution is 7.16. The molecule has 3 aromatic rings. The molecule has 10 heteroatoms. The van der Waals surface area contributed by atoms with Crippen molar-refractivity contribution in [1.29, 1.82) is 0 Å². The van der Waals surface area contributed by atoms with Gasteiger partial charge < -0.3 is 10.8 Å². The van der Waals surface area contributed by atoms with Gasteiger partial charge in [0.25, 0.3) is 11.8 Å². The molecule has 144 valence electrons. The van der Waals surface area contributed by atoms with Crippen LogP contribution in [0.4, 0.5) is 0 Å². The van der Waals surface area contributed by atoms with E-state index in [4.69, 9.17) is 28.9 Å². The van der Waals surface area contributed by atoms with Crippen LogP contribution < -0.4 is 11.2 Å². The average Bonchev–Trinajstić information content (AvgIpc) is 3.29. The zero-order chi connectivity index (χ0) is 20.4. The lowest BCUT2D eigenvalue weighted by Crippen LogP contribution is -2.18. The third kappa shape index (κ3) is 4.20. The largest absolute Gasteiger partial charge is 0.506 e. The lowest BCUT2D eigenvalue weighted by molar-refractivity contribution is 0.0958. The number of nitrogens with two attached hydrogens (primary N) is 1. The fourth-order valence-corrected chi connectivity index (χ4v) is 4.34. The second-order valence-corrected chi connectivity index (χ2v) is 8.40. The minimum atomic E-state index is -0.596. The highest BCUT2D eigenvalue weighted by Crippen LogP contribution is 2.40. The summed E-state index contributed by atoms with van der Waals surface area (Å²) in [4.78, 5) is 24.5. The number of benzene rings is 1. The maximum atomic E-state index is 12.2. The minimum Gasteiger partial charge on any atom is -0.506 e. The molecular formula is C18H13Cl2N3O3S2. The fraction of sp³-hybridized carbons (Fsp3) is 0.0556. The Balaban J connectivity index is 1.79. The van der Waals surface area contributed by atoms with Gasteiger partial charge in [-0.2, -0.15) is 5.10 Å². The summed E-state index contributed by atoms with van der Waals surface area (Å²) >= 11 is 14.3. The number of nitrogens with zero attached hydrogens (tertiary/aromatic N) is 1. The zero-order valence-corrected chi connectivity index (χ0v) is 17.5. The molecule has 4 N–H and O–H groups in total. The first-order chi connectivity index (χ1) is 13.3. The SMILES string of the molecule is C/C(=N\NC(=O)c1ccc(C(N)=O)s1)c1csc(-c2ccc(Cl)c(Cl)c2)c1O. The van der Waals surface area contributed by atoms with Crippen LogP contribution in [0.1, 0.15) is 31.8 Å². The highest BCUT2D eigenvalue weighted by Gasteiger charge is 2.16. The first kappa shape index (κ1) is 20.3. The van der Waals surface area contributed by atoms with Crippen molar-refractivity contribution in [3.63, 3.8) is 0 Å². The molecule has 2 aromatic heterocycles. The number of halogens is 2. The molecule has 1 aromatic carbocycles. The van der Waals surface area contributed by atoms with Crippen molar-refractivity contribution in [3.8, 4) is 16.2 Å². The first-order valence-electron chi connectivity index (χ1n) is 7.78. The van der Waals surface area contributed by atoms with Gasteiger partial charge in [0.2, 0.25) is 0 Å². The monoisotopic (exact) mass is 453 g/mol. The van der Waals surface area contributed by atoms with Crippen molar-refractivity contribution in [2.45, 2.75) is 6.92 Å². The van der Waals surface area contributed by atoms with E-state index in [1.165, 1.54) is 23.5 Å². The summed E-state index contributed by atoms with van der Waals surface area (Å²) < 4.78 is 0. The van der Waals surface area contributed by atoms with Crippen molar-refractivity contribution >= 4 is 63.4 Å². The maximum Gasteiger partial charge on any atom is 0.281 e. The Bertz CT molecular complexity index is 1110. The lowest BCUT2D eigenvalue weighted by Gasteiger charge is -2.04. The molecule has 0 aliphatic rings. The fourth-order valence-electron chi connectivity index (χ4n) is 2.29. The van der Waals surface area contributed by atoms with E-state index in [0.29, 0.717) is 31.1 Å². The van der Waals surface area contributed by atoms with E-state index in [-0.39, 0.29) is 10.6 Å². The van der Waals surface area contributed by atoms with Gasteiger partial charge in [-0.05, 0) is 36.8 Å². The Kier molecular flexibility index (Phi) is 6.04. The van der Waals surface area contributed by atoms with Crippen LogP contribution >= 0.6 is 45.9 Å². The van der Waals surface area contributed by atoms with Gasteiger partial charge in [-0.15, -0.1) is 22.7 Å². The second kappa shape index (κ2) is 8.32. The van der Waals surface area contributed by atoms with E-state index in [2.05, 4.69) is 10.5 Å². The topological polar surface area (TPSA) is 105 Å². The number of thiophene rings is 2. The number of amides is 2. The third-order valence-electron chi connectivity index (χ3n) is 3.73. The summed E-state index contributed by atoms with van der Waals surface area (Å²) in [6.45, 7) is 1.66. The summed E-state index contributed by atoms with van der Waals surface area (Å²) in [7, 11) is 0. The molecule has 3 rings (SSSR count). The number of hydrogen-bond donors (Lipinski definition) is 3. The Labute approximate surface area is 178 Å². The molecule has 0 spiro atoms. The smallest absolute Gasteiger partial charge is 0.281 e. The summed E-state index contributed by atoms with van der Waals surface area (Å²) in [6.07, 6.45) is 0. The summed E-state index contributed by atoms with van der Waals surface area (Å²) in [5.74, 6) is -1.04. The van der Waals surface area contributed by atoms with Gasteiger partial charge in [0, 0.05) is 5.38 Å². The van der Waals surface area contributed by atoms with Crippen LogP contribution in [0.2, 0.25) is 10.0 Å². The number of hydrazone groups is 1. The molecule has 0 atom stereocenters. The lowest BCUT2D eigenvalue weighted by atomic mass is 10.1. The summed E-state index contributed by atoms with van der Waals surface area (Å²) in [6, 6.07) is 8.05. The standard InChI is InChI=1S/C18H13Cl2N3O3S2/c1-8(22-23-18(26)14-5-4-13(28-14)17(21)25)10-7-27-16(15(10)24)9-2-3-11(19)12(20)6-9/h2-7,24H,1H3,(H2,21,25)(H,23,26)/b22-8+. The van der Waals surface area contributed by atoms with Gasteiger partial charge in [0.05, 0.1) is 36.0 Å². The van der Waals surface area contributed by atoms with Crippen molar-refractivity contribution in [1.82, 2.24) is 5.43 Å². The van der Waals surface area contributed by atoms with Crippen LogP contribution in [0.15, 0.2) is 40.8 Å². The molecule has 0 bridgehead atoms. The molecule has 0 aliphatic heterocycles. The molecule has 0 saturated carbocycles. The zero-order valence-electron chi connectivity index (χ0n) is 14.3. The van der Waals surface area contributed by atoms with Crippen LogP contribution in [0.3, 0.4) is 0 Å². The number of primary amides is 1. The summed E-state index contributed by atoms with van der Waals surface area (Å²) in [5.41, 5.74) is 9.20. The van der Waals surface area contributed by atoms with Gasteiger partial charge in [-0.25, -0.2) is 5.43 Å². The van der Waals surface area contributed by atoms with Crippen LogP contribution in [-0.2, 0) is 0 Å². The average molecular weight is 454 g/mol. The van der Waals surface area contributed by atoms with Crippen LogP contribution in [0.5, 0.6) is 5.75 Å². The molecule has 0 fully saturated rings. The van der Waals surface area contributed by atoms with Gasteiger partial charge in [-0.1, -0.05) is 29.3 Å². The molecule has 0 saturated heterocycles. The van der Waals surface area contributed by atoms with E-state index in [1.807, 2.05) is 0 Å². The molecule has 6 nitrogen and oxygen atoms in total. The molecule has 0 aliphatic carbocycles. The van der Waals surface area contributed by atoms with Crippen molar-refractivity contribution in [2.75, 3.05) is 0 Å². The number of nitrogens with one attached hydrogen (secondary N) is 1. The van der Waals surface area contributed by atoms with Crippen molar-refractivity contribution in [2.24, 2.45) is 10.8 Å². The van der Waals surface area contributed by atoms with Crippen molar-refractivity contribution < 1.29 is 14.7 Å². The van der Waals surface area contributed by atoms with Crippen LogP contribution in [0, 0.1) is 0 Å².